The lowest BCUT2D eigenvalue weighted by atomic mass is 10.2. The van der Waals surface area contributed by atoms with E-state index in [2.05, 4.69) is 5.32 Å². The summed E-state index contributed by atoms with van der Waals surface area (Å²) in [6.07, 6.45) is -0.703. The Hall–Kier alpha value is -1.63. The largest absolute Gasteiger partial charge is 0.496 e. The fraction of sp³-hybridized carbons (Fsp3) is 0.588. The molecule has 1 heterocycles. The summed E-state index contributed by atoms with van der Waals surface area (Å²) in [6.45, 7) is 5.58. The van der Waals surface area contributed by atoms with Crippen molar-refractivity contribution in [1.82, 2.24) is 10.2 Å². The summed E-state index contributed by atoms with van der Waals surface area (Å²) >= 11 is 0. The molecule has 1 aliphatic rings. The number of likely N-dealkylation sites (tertiary alicyclic amines) is 1. The number of rotatable bonds is 7. The van der Waals surface area contributed by atoms with Crippen LogP contribution in [0.2, 0.25) is 0 Å². The number of nitrogens with zero attached hydrogens (tertiary/aromatic N) is 1. The standard InChI is InChI=1S/C17H26N2O4/c1-12(2)23-16-10-19(9-14(16)20)11-17(21)18-8-13-6-4-5-7-15(13)22-3/h4-7,12,14,16,20H,8-11H2,1-3H3,(H,18,21)/t14-,16-/m1/s1. The molecule has 1 aromatic carbocycles. The number of methoxy groups -OCH3 is 1. The number of aliphatic hydroxyl groups is 1. The molecule has 1 aromatic rings. The van der Waals surface area contributed by atoms with Crippen LogP contribution in [0.3, 0.4) is 0 Å². The summed E-state index contributed by atoms with van der Waals surface area (Å²) in [6, 6.07) is 7.59. The number of ether oxygens (including phenoxy) is 2. The maximum absolute atomic E-state index is 12.1. The first-order chi connectivity index (χ1) is 11.0. The number of nitrogens with one attached hydrogen (secondary N) is 1. The molecule has 2 atom stereocenters. The molecule has 1 fully saturated rings. The zero-order valence-electron chi connectivity index (χ0n) is 14.0. The Morgan fingerprint density at radius 1 is 1.39 bits per heavy atom. The number of hydrogen-bond acceptors (Lipinski definition) is 5. The Morgan fingerprint density at radius 3 is 2.83 bits per heavy atom. The minimum absolute atomic E-state index is 0.0639. The highest BCUT2D eigenvalue weighted by molar-refractivity contribution is 5.78. The quantitative estimate of drug-likeness (QED) is 0.776. The second kappa shape index (κ2) is 8.29. The fourth-order valence-corrected chi connectivity index (χ4v) is 2.75. The maximum atomic E-state index is 12.1. The van der Waals surface area contributed by atoms with Gasteiger partial charge in [0.1, 0.15) is 5.75 Å². The molecule has 1 saturated heterocycles. The average Bonchev–Trinajstić information content (AvgIpc) is 2.84. The first-order valence-electron chi connectivity index (χ1n) is 7.94. The van der Waals surface area contributed by atoms with Crippen LogP contribution in [0.15, 0.2) is 24.3 Å². The van der Waals surface area contributed by atoms with Crippen molar-refractivity contribution in [2.75, 3.05) is 26.7 Å². The second-order valence-electron chi connectivity index (χ2n) is 6.07. The van der Waals surface area contributed by atoms with Gasteiger partial charge in [0.15, 0.2) is 0 Å². The topological polar surface area (TPSA) is 71.0 Å². The summed E-state index contributed by atoms with van der Waals surface area (Å²) in [7, 11) is 1.61. The first-order valence-corrected chi connectivity index (χ1v) is 7.94. The third-order valence-electron chi connectivity index (χ3n) is 3.80. The summed E-state index contributed by atoms with van der Waals surface area (Å²) < 4.78 is 10.9. The smallest absolute Gasteiger partial charge is 0.234 e. The molecule has 0 saturated carbocycles. The van der Waals surface area contributed by atoms with Crippen LogP contribution in [0.4, 0.5) is 0 Å². The molecule has 6 heteroatoms. The monoisotopic (exact) mass is 322 g/mol. The van der Waals surface area contributed by atoms with E-state index in [1.807, 2.05) is 43.0 Å². The average molecular weight is 322 g/mol. The van der Waals surface area contributed by atoms with Gasteiger partial charge in [-0.05, 0) is 19.9 Å². The third kappa shape index (κ3) is 5.20. The van der Waals surface area contributed by atoms with Crippen molar-refractivity contribution in [2.45, 2.75) is 38.7 Å². The number of benzene rings is 1. The maximum Gasteiger partial charge on any atom is 0.234 e. The minimum atomic E-state index is -0.542. The Bertz CT molecular complexity index is 521. The molecule has 0 unspecified atom stereocenters. The Kier molecular flexibility index (Phi) is 6.38. The molecule has 2 N–H and O–H groups in total. The van der Waals surface area contributed by atoms with Gasteiger partial charge in [-0.3, -0.25) is 9.69 Å². The highest BCUT2D eigenvalue weighted by atomic mass is 16.5. The lowest BCUT2D eigenvalue weighted by molar-refractivity contribution is -0.122. The van der Waals surface area contributed by atoms with Crippen LogP contribution in [0, 0.1) is 0 Å². The second-order valence-corrected chi connectivity index (χ2v) is 6.07. The highest BCUT2D eigenvalue weighted by Crippen LogP contribution is 2.17. The van der Waals surface area contributed by atoms with E-state index in [1.165, 1.54) is 0 Å². The van der Waals surface area contributed by atoms with Crippen LogP contribution in [-0.2, 0) is 16.1 Å². The number of para-hydroxylation sites is 1. The van der Waals surface area contributed by atoms with Crippen molar-refractivity contribution in [3.8, 4) is 5.75 Å². The number of β-amino-alcohol motifs (C(OH)–C–C–N with tert-alkyl or cyclic N) is 1. The zero-order chi connectivity index (χ0) is 16.8. The number of carbonyl (C=O) groups is 1. The van der Waals surface area contributed by atoms with Gasteiger partial charge in [-0.15, -0.1) is 0 Å². The van der Waals surface area contributed by atoms with Crippen molar-refractivity contribution in [1.29, 1.82) is 0 Å². The molecule has 1 amide bonds. The molecular weight excluding hydrogens is 296 g/mol. The molecule has 2 rings (SSSR count). The molecular formula is C17H26N2O4. The third-order valence-corrected chi connectivity index (χ3v) is 3.80. The number of carbonyl (C=O) groups excluding carboxylic acids is 1. The normalized spacial score (nSPS) is 21.6. The molecule has 1 aliphatic heterocycles. The molecule has 23 heavy (non-hydrogen) atoms. The van der Waals surface area contributed by atoms with Crippen LogP contribution in [0.25, 0.3) is 0 Å². The molecule has 0 aromatic heterocycles. The summed E-state index contributed by atoms with van der Waals surface area (Å²) in [5.74, 6) is 0.683. The van der Waals surface area contributed by atoms with Crippen molar-refractivity contribution in [2.24, 2.45) is 0 Å². The summed E-state index contributed by atoms with van der Waals surface area (Å²) in [4.78, 5) is 14.0. The molecule has 6 nitrogen and oxygen atoms in total. The predicted molar refractivity (Wildman–Crippen MR) is 87.3 cm³/mol. The van der Waals surface area contributed by atoms with E-state index < -0.39 is 6.10 Å². The van der Waals surface area contributed by atoms with Crippen LogP contribution in [0.5, 0.6) is 5.75 Å². The zero-order valence-corrected chi connectivity index (χ0v) is 14.0. The SMILES string of the molecule is COc1ccccc1CNC(=O)CN1C[C@@H](O)[C@H](OC(C)C)C1. The molecule has 0 radical (unpaired) electrons. The first kappa shape index (κ1) is 17.7. The fourth-order valence-electron chi connectivity index (χ4n) is 2.75. The Labute approximate surface area is 137 Å². The van der Waals surface area contributed by atoms with Gasteiger partial charge in [0.05, 0.1) is 32.0 Å². The molecule has 0 aliphatic carbocycles. The van der Waals surface area contributed by atoms with E-state index in [0.717, 1.165) is 11.3 Å². The van der Waals surface area contributed by atoms with Crippen molar-refractivity contribution < 1.29 is 19.4 Å². The molecule has 128 valence electrons. The Morgan fingerprint density at radius 2 is 2.13 bits per heavy atom. The summed E-state index contributed by atoms with van der Waals surface area (Å²) in [5.41, 5.74) is 0.936. The van der Waals surface area contributed by atoms with Crippen LogP contribution >= 0.6 is 0 Å². The predicted octanol–water partition coefficient (Wildman–Crippen LogP) is 0.781. The lowest BCUT2D eigenvalue weighted by Gasteiger charge is -2.18. The Balaban J connectivity index is 1.79. The van der Waals surface area contributed by atoms with Crippen LogP contribution < -0.4 is 10.1 Å². The van der Waals surface area contributed by atoms with Crippen molar-refractivity contribution in [3.05, 3.63) is 29.8 Å². The molecule has 0 bridgehead atoms. The van der Waals surface area contributed by atoms with Crippen molar-refractivity contribution in [3.63, 3.8) is 0 Å². The van der Waals surface area contributed by atoms with E-state index in [9.17, 15) is 9.90 Å². The van der Waals surface area contributed by atoms with Gasteiger partial charge in [-0.2, -0.15) is 0 Å². The van der Waals surface area contributed by atoms with E-state index in [0.29, 0.717) is 19.6 Å². The van der Waals surface area contributed by atoms with Gasteiger partial charge < -0.3 is 19.9 Å². The minimum Gasteiger partial charge on any atom is -0.496 e. The van der Waals surface area contributed by atoms with E-state index in [-0.39, 0.29) is 24.7 Å². The van der Waals surface area contributed by atoms with Gasteiger partial charge >= 0.3 is 0 Å². The molecule has 0 spiro atoms. The van der Waals surface area contributed by atoms with Gasteiger partial charge in [0.25, 0.3) is 0 Å². The van der Waals surface area contributed by atoms with Crippen LogP contribution in [-0.4, -0.2) is 61.0 Å². The highest BCUT2D eigenvalue weighted by Gasteiger charge is 2.33. The lowest BCUT2D eigenvalue weighted by Crippen LogP contribution is -2.36. The van der Waals surface area contributed by atoms with E-state index >= 15 is 0 Å². The van der Waals surface area contributed by atoms with E-state index in [1.54, 1.807) is 7.11 Å². The van der Waals surface area contributed by atoms with E-state index in [4.69, 9.17) is 9.47 Å². The van der Waals surface area contributed by atoms with Crippen molar-refractivity contribution >= 4 is 5.91 Å². The van der Waals surface area contributed by atoms with Gasteiger partial charge in [-0.25, -0.2) is 0 Å². The number of amides is 1. The number of hydrogen-bond donors (Lipinski definition) is 2. The van der Waals surface area contributed by atoms with Crippen LogP contribution in [0.1, 0.15) is 19.4 Å². The van der Waals surface area contributed by atoms with Gasteiger partial charge in [-0.1, -0.05) is 18.2 Å². The number of aliphatic hydroxyl groups excluding tert-OH is 1. The summed E-state index contributed by atoms with van der Waals surface area (Å²) in [5, 5.41) is 12.9. The van der Waals surface area contributed by atoms with Gasteiger partial charge in [0.2, 0.25) is 5.91 Å². The van der Waals surface area contributed by atoms with Gasteiger partial charge in [0, 0.05) is 25.2 Å².